The van der Waals surface area contributed by atoms with Crippen molar-refractivity contribution in [3.63, 3.8) is 0 Å². The Kier molecular flexibility index (Phi) is 11.7. The van der Waals surface area contributed by atoms with Gasteiger partial charge in [-0.2, -0.15) is 0 Å². The average molecular weight is 464 g/mol. The number of esters is 1. The van der Waals surface area contributed by atoms with Gasteiger partial charge in [-0.05, 0) is 50.0 Å². The van der Waals surface area contributed by atoms with Crippen LogP contribution < -0.4 is 4.74 Å². The quantitative estimate of drug-likeness (QED) is 0.147. The lowest BCUT2D eigenvalue weighted by molar-refractivity contribution is -0.143. The SMILES string of the molecule is CCCCCCOc1ccc(/C=C2\SC(=S)N(CCCCCC(=O)OCC)C2=O)cc1. The van der Waals surface area contributed by atoms with Crippen molar-refractivity contribution < 1.29 is 19.1 Å². The number of carbonyl (C=O) groups excluding carboxylic acids is 2. The van der Waals surface area contributed by atoms with Crippen molar-refractivity contribution in [3.8, 4) is 5.75 Å². The molecule has 0 spiro atoms. The number of rotatable bonds is 14. The molecule has 5 nitrogen and oxygen atoms in total. The number of ether oxygens (including phenoxy) is 2. The van der Waals surface area contributed by atoms with Crippen molar-refractivity contribution >= 4 is 46.3 Å². The van der Waals surface area contributed by atoms with Gasteiger partial charge in [0.2, 0.25) is 0 Å². The molecule has 1 aliphatic rings. The molecule has 0 atom stereocenters. The number of thioether (sulfide) groups is 1. The summed E-state index contributed by atoms with van der Waals surface area (Å²) >= 11 is 6.74. The highest BCUT2D eigenvalue weighted by atomic mass is 32.2. The third kappa shape index (κ3) is 9.03. The minimum atomic E-state index is -0.163. The number of unbranched alkanes of at least 4 members (excludes halogenated alkanes) is 5. The Labute approximate surface area is 195 Å². The zero-order valence-electron chi connectivity index (χ0n) is 18.6. The van der Waals surface area contributed by atoms with E-state index in [-0.39, 0.29) is 11.9 Å². The van der Waals surface area contributed by atoms with Crippen LogP contribution in [0.3, 0.4) is 0 Å². The molecule has 0 bridgehead atoms. The molecule has 1 aromatic carbocycles. The molecule has 0 aromatic heterocycles. The second-order valence-corrected chi connectivity index (χ2v) is 9.10. The lowest BCUT2D eigenvalue weighted by Gasteiger charge is -2.13. The fourth-order valence-electron chi connectivity index (χ4n) is 3.17. The largest absolute Gasteiger partial charge is 0.494 e. The average Bonchev–Trinajstić information content (AvgIpc) is 3.02. The summed E-state index contributed by atoms with van der Waals surface area (Å²) in [6, 6.07) is 7.80. The van der Waals surface area contributed by atoms with Crippen LogP contribution in [-0.4, -0.2) is 40.9 Å². The van der Waals surface area contributed by atoms with Crippen molar-refractivity contribution in [2.45, 2.75) is 65.2 Å². The standard InChI is InChI=1S/C24H33NO4S2/c1-3-5-6-10-17-29-20-14-12-19(13-15-20)18-21-23(27)25(24(30)31-21)16-9-7-8-11-22(26)28-4-2/h12-15,18H,3-11,16-17H2,1-2H3/b21-18-. The third-order valence-corrected chi connectivity index (χ3v) is 6.26. The van der Waals surface area contributed by atoms with Gasteiger partial charge in [-0.25, -0.2) is 0 Å². The van der Waals surface area contributed by atoms with Crippen LogP contribution >= 0.6 is 24.0 Å². The molecule has 31 heavy (non-hydrogen) atoms. The van der Waals surface area contributed by atoms with Crippen LogP contribution in [0, 0.1) is 0 Å². The number of amides is 1. The van der Waals surface area contributed by atoms with Crippen LogP contribution in [0.5, 0.6) is 5.75 Å². The number of nitrogens with zero attached hydrogens (tertiary/aromatic N) is 1. The van der Waals surface area contributed by atoms with E-state index >= 15 is 0 Å². The van der Waals surface area contributed by atoms with Crippen LogP contribution in [-0.2, 0) is 14.3 Å². The zero-order chi connectivity index (χ0) is 22.5. The van der Waals surface area contributed by atoms with Crippen molar-refractivity contribution in [1.29, 1.82) is 0 Å². The number of hydrogen-bond acceptors (Lipinski definition) is 6. The van der Waals surface area contributed by atoms with Gasteiger partial charge in [0.15, 0.2) is 0 Å². The lowest BCUT2D eigenvalue weighted by atomic mass is 10.2. The number of benzene rings is 1. The second kappa shape index (κ2) is 14.2. The van der Waals surface area contributed by atoms with Crippen molar-refractivity contribution in [1.82, 2.24) is 4.90 Å². The summed E-state index contributed by atoms with van der Waals surface area (Å²) in [4.78, 5) is 26.4. The highest BCUT2D eigenvalue weighted by molar-refractivity contribution is 8.26. The summed E-state index contributed by atoms with van der Waals surface area (Å²) in [5, 5.41) is 0. The Bertz CT molecular complexity index is 761. The Morgan fingerprint density at radius 2 is 1.81 bits per heavy atom. The summed E-state index contributed by atoms with van der Waals surface area (Å²) in [5.41, 5.74) is 0.952. The highest BCUT2D eigenvalue weighted by Gasteiger charge is 2.31. The topological polar surface area (TPSA) is 55.8 Å². The third-order valence-electron chi connectivity index (χ3n) is 4.89. The number of carbonyl (C=O) groups is 2. The van der Waals surface area contributed by atoms with Crippen molar-refractivity contribution in [2.24, 2.45) is 0 Å². The Balaban J connectivity index is 1.78. The summed E-state index contributed by atoms with van der Waals surface area (Å²) < 4.78 is 11.3. The van der Waals surface area contributed by atoms with E-state index in [9.17, 15) is 9.59 Å². The summed E-state index contributed by atoms with van der Waals surface area (Å²) in [7, 11) is 0. The van der Waals surface area contributed by atoms with Gasteiger partial charge in [0, 0.05) is 13.0 Å². The molecule has 0 aliphatic carbocycles. The van der Waals surface area contributed by atoms with Crippen LogP contribution in [0.4, 0.5) is 0 Å². The Morgan fingerprint density at radius 1 is 1.06 bits per heavy atom. The summed E-state index contributed by atoms with van der Waals surface area (Å²) in [6.45, 7) is 5.73. The van der Waals surface area contributed by atoms with Crippen molar-refractivity contribution in [2.75, 3.05) is 19.8 Å². The van der Waals surface area contributed by atoms with E-state index in [4.69, 9.17) is 21.7 Å². The van der Waals surface area contributed by atoms with Crippen LogP contribution in [0.25, 0.3) is 6.08 Å². The molecule has 7 heteroatoms. The monoisotopic (exact) mass is 463 g/mol. The van der Waals surface area contributed by atoms with Gasteiger partial charge in [0.05, 0.1) is 18.1 Å². The molecular weight excluding hydrogens is 430 g/mol. The first-order valence-corrected chi connectivity index (χ1v) is 12.4. The van der Waals surface area contributed by atoms with Crippen LogP contribution in [0.1, 0.15) is 70.8 Å². The second-order valence-electron chi connectivity index (χ2n) is 7.43. The van der Waals surface area contributed by atoms with E-state index in [1.54, 1.807) is 11.8 Å². The molecule has 0 radical (unpaired) electrons. The van der Waals surface area contributed by atoms with E-state index in [2.05, 4.69) is 6.92 Å². The summed E-state index contributed by atoms with van der Waals surface area (Å²) in [6.07, 6.45) is 9.46. The van der Waals surface area contributed by atoms with E-state index in [1.807, 2.05) is 30.3 Å². The fourth-order valence-corrected chi connectivity index (χ4v) is 4.48. The van der Waals surface area contributed by atoms with E-state index in [1.165, 1.54) is 31.0 Å². The molecule has 1 heterocycles. The fraction of sp³-hybridized carbons (Fsp3) is 0.542. The van der Waals surface area contributed by atoms with Gasteiger partial charge in [-0.15, -0.1) is 0 Å². The molecule has 0 unspecified atom stereocenters. The van der Waals surface area contributed by atoms with Crippen LogP contribution in [0.15, 0.2) is 29.2 Å². The maximum atomic E-state index is 12.7. The molecule has 2 rings (SSSR count). The number of thiocarbonyl (C=S) groups is 1. The molecule has 1 fully saturated rings. The Hall–Kier alpha value is -1.86. The molecule has 0 saturated carbocycles. The first kappa shape index (κ1) is 25.4. The molecule has 1 aliphatic heterocycles. The van der Waals surface area contributed by atoms with E-state index in [0.29, 0.717) is 28.8 Å². The van der Waals surface area contributed by atoms with Gasteiger partial charge >= 0.3 is 5.97 Å². The summed E-state index contributed by atoms with van der Waals surface area (Å²) in [5.74, 6) is 0.643. The molecule has 1 saturated heterocycles. The predicted octanol–water partition coefficient (Wildman–Crippen LogP) is 5.97. The van der Waals surface area contributed by atoms with Gasteiger partial charge in [-0.1, -0.05) is 68.7 Å². The lowest BCUT2D eigenvalue weighted by Crippen LogP contribution is -2.29. The molecule has 0 N–H and O–H groups in total. The zero-order valence-corrected chi connectivity index (χ0v) is 20.2. The number of hydrogen-bond donors (Lipinski definition) is 0. The minimum Gasteiger partial charge on any atom is -0.494 e. The van der Waals surface area contributed by atoms with Gasteiger partial charge in [-0.3, -0.25) is 14.5 Å². The maximum absolute atomic E-state index is 12.7. The first-order chi connectivity index (χ1) is 15.0. The Morgan fingerprint density at radius 3 is 2.52 bits per heavy atom. The minimum absolute atomic E-state index is 0.0448. The van der Waals surface area contributed by atoms with Gasteiger partial charge < -0.3 is 9.47 Å². The van der Waals surface area contributed by atoms with Crippen molar-refractivity contribution in [3.05, 3.63) is 34.7 Å². The van der Waals surface area contributed by atoms with Gasteiger partial charge in [0.25, 0.3) is 5.91 Å². The highest BCUT2D eigenvalue weighted by Crippen LogP contribution is 2.33. The van der Waals surface area contributed by atoms with E-state index < -0.39 is 0 Å². The molecular formula is C24H33NO4S2. The van der Waals surface area contributed by atoms with Gasteiger partial charge in [0.1, 0.15) is 10.1 Å². The maximum Gasteiger partial charge on any atom is 0.305 e. The smallest absolute Gasteiger partial charge is 0.305 e. The predicted molar refractivity (Wildman–Crippen MR) is 131 cm³/mol. The van der Waals surface area contributed by atoms with Crippen LogP contribution in [0.2, 0.25) is 0 Å². The molecule has 1 aromatic rings. The van der Waals surface area contributed by atoms with E-state index in [0.717, 1.165) is 43.6 Å². The first-order valence-electron chi connectivity index (χ1n) is 11.2. The molecule has 1 amide bonds. The normalized spacial score (nSPS) is 15.0. The molecule has 170 valence electrons.